The van der Waals surface area contributed by atoms with Crippen LogP contribution in [-0.4, -0.2) is 44.9 Å². The van der Waals surface area contributed by atoms with E-state index in [1.165, 1.54) is 4.57 Å². The van der Waals surface area contributed by atoms with Gasteiger partial charge in [0.2, 0.25) is 11.5 Å². The Kier molecular flexibility index (Phi) is 8.86. The number of anilines is 3. The Morgan fingerprint density at radius 2 is 0.831 bits per heavy atom. The second kappa shape index (κ2) is 14.8. The molecule has 0 radical (unpaired) electrons. The molecule has 0 atom stereocenters. The lowest BCUT2D eigenvalue weighted by Crippen LogP contribution is -2.09. The number of benzene rings is 9. The van der Waals surface area contributed by atoms with Crippen LogP contribution in [0.5, 0.6) is 40.2 Å². The second-order valence-corrected chi connectivity index (χ2v) is 16.1. The van der Waals surface area contributed by atoms with Crippen molar-refractivity contribution >= 4 is 60.7 Å². The summed E-state index contributed by atoms with van der Waals surface area (Å²) in [6, 6.07) is 56.8. The summed E-state index contributed by atoms with van der Waals surface area (Å²) in [6.07, 6.45) is 0. The monoisotopic (exact) mass is 853 g/mol. The molecule has 0 spiro atoms. The minimum Gasteiger partial charge on any atom is -0.506 e. The summed E-state index contributed by atoms with van der Waals surface area (Å²) in [5, 5.41) is 82.1. The van der Waals surface area contributed by atoms with Gasteiger partial charge in [0.15, 0.2) is 23.0 Å². The first-order valence-electron chi connectivity index (χ1n) is 20.9. The fourth-order valence-corrected chi connectivity index (χ4v) is 9.24. The maximum atomic E-state index is 12.3. The van der Waals surface area contributed by atoms with E-state index in [4.69, 9.17) is 0 Å². The molecule has 0 saturated heterocycles. The molecule has 0 amide bonds. The van der Waals surface area contributed by atoms with Crippen LogP contribution in [0.3, 0.4) is 0 Å². The van der Waals surface area contributed by atoms with Gasteiger partial charge in [-0.2, -0.15) is 0 Å². The summed E-state index contributed by atoms with van der Waals surface area (Å²) in [5.41, 5.74) is 8.71. The number of aryl methyl sites for hydroxylation is 1. The number of nitrogens with zero attached hydrogens (tertiary/aromatic N) is 3. The number of fused-ring (bicyclic) bond motifs is 6. The van der Waals surface area contributed by atoms with E-state index in [0.29, 0.717) is 11.3 Å². The molecular weight excluding hydrogens is 815 g/mol. The van der Waals surface area contributed by atoms with E-state index < -0.39 is 40.2 Å². The maximum absolute atomic E-state index is 12.3. The number of aromatic hydroxyl groups is 7. The van der Waals surface area contributed by atoms with Crippen molar-refractivity contribution in [1.29, 1.82) is 0 Å². The van der Waals surface area contributed by atoms with Gasteiger partial charge in [0.1, 0.15) is 16.8 Å². The lowest BCUT2D eigenvalue weighted by molar-refractivity contribution is 0.350. The van der Waals surface area contributed by atoms with Gasteiger partial charge in [-0.25, -0.2) is 0 Å². The molecule has 0 bridgehead atoms. The number of aromatic nitrogens is 2. The SMILES string of the molecule is Cc1ccc(N(c2ccccc2)c2ccc(-c3ccc(-n4c5c(O)c(O)c(O)c(O)c5c5c(O)c(-c6ccc7c(c6)c6ccccc6n7-c6ccccc6)c(O)c(O)c54)cc3)cc2)cc1. The Labute approximate surface area is 371 Å². The average molecular weight is 854 g/mol. The van der Waals surface area contributed by atoms with Crippen LogP contribution in [0, 0.1) is 6.92 Å². The first-order valence-corrected chi connectivity index (χ1v) is 20.9. The molecule has 2 aromatic heterocycles. The van der Waals surface area contributed by atoms with Gasteiger partial charge in [-0.3, -0.25) is 0 Å². The molecule has 0 fully saturated rings. The molecule has 0 aliphatic heterocycles. The van der Waals surface area contributed by atoms with E-state index in [9.17, 15) is 35.7 Å². The first-order chi connectivity index (χ1) is 31.6. The highest BCUT2D eigenvalue weighted by atomic mass is 16.3. The molecule has 10 nitrogen and oxygen atoms in total. The highest BCUT2D eigenvalue weighted by Gasteiger charge is 2.32. The molecule has 0 unspecified atom stereocenters. The smallest absolute Gasteiger partial charge is 0.206 e. The van der Waals surface area contributed by atoms with E-state index in [0.717, 1.165) is 61.2 Å². The van der Waals surface area contributed by atoms with Gasteiger partial charge in [-0.15, -0.1) is 0 Å². The third-order valence-electron chi connectivity index (χ3n) is 12.3. The van der Waals surface area contributed by atoms with Gasteiger partial charge in [0, 0.05) is 39.2 Å². The van der Waals surface area contributed by atoms with Crippen LogP contribution in [0.1, 0.15) is 5.56 Å². The maximum Gasteiger partial charge on any atom is 0.206 e. The molecule has 0 aliphatic rings. The second-order valence-electron chi connectivity index (χ2n) is 16.1. The molecule has 11 aromatic rings. The van der Waals surface area contributed by atoms with Crippen molar-refractivity contribution in [3.63, 3.8) is 0 Å². The zero-order chi connectivity index (χ0) is 44.7. The number of phenols is 7. The number of phenolic OH excluding ortho intramolecular Hbond substituents is 7. The van der Waals surface area contributed by atoms with E-state index in [1.807, 2.05) is 121 Å². The third kappa shape index (κ3) is 5.96. The quantitative estimate of drug-likeness (QED) is 0.0617. The summed E-state index contributed by atoms with van der Waals surface area (Å²) in [7, 11) is 0. The van der Waals surface area contributed by atoms with E-state index in [1.54, 1.807) is 18.2 Å². The molecular formula is C55H39N3O7. The van der Waals surface area contributed by atoms with Crippen LogP contribution in [0.2, 0.25) is 0 Å². The molecule has 7 N–H and O–H groups in total. The summed E-state index contributed by atoms with van der Waals surface area (Å²) < 4.78 is 3.44. The highest BCUT2D eigenvalue weighted by molar-refractivity contribution is 6.22. The topological polar surface area (TPSA) is 155 Å². The lowest BCUT2D eigenvalue weighted by Gasteiger charge is -2.25. The molecule has 9 aromatic carbocycles. The Morgan fingerprint density at radius 1 is 0.354 bits per heavy atom. The van der Waals surface area contributed by atoms with Gasteiger partial charge in [0.25, 0.3) is 0 Å². The number of hydrogen-bond acceptors (Lipinski definition) is 8. The predicted molar refractivity (Wildman–Crippen MR) is 257 cm³/mol. The van der Waals surface area contributed by atoms with E-state index in [-0.39, 0.29) is 27.4 Å². The van der Waals surface area contributed by atoms with Gasteiger partial charge in [-0.05, 0) is 102 Å². The summed E-state index contributed by atoms with van der Waals surface area (Å²) in [4.78, 5) is 2.18. The average Bonchev–Trinajstić information content (AvgIpc) is 3.88. The number of para-hydroxylation sites is 3. The lowest BCUT2D eigenvalue weighted by atomic mass is 9.97. The molecule has 10 heteroatoms. The van der Waals surface area contributed by atoms with Gasteiger partial charge >= 0.3 is 0 Å². The van der Waals surface area contributed by atoms with Crippen LogP contribution < -0.4 is 4.90 Å². The van der Waals surface area contributed by atoms with Crippen molar-refractivity contribution < 1.29 is 35.7 Å². The van der Waals surface area contributed by atoms with Crippen molar-refractivity contribution in [3.8, 4) is 73.9 Å². The number of rotatable bonds is 7. The van der Waals surface area contributed by atoms with E-state index >= 15 is 0 Å². The Bertz CT molecular complexity index is 3660. The van der Waals surface area contributed by atoms with Crippen LogP contribution in [0.4, 0.5) is 17.1 Å². The van der Waals surface area contributed by atoms with Crippen molar-refractivity contribution in [2.45, 2.75) is 6.92 Å². The van der Waals surface area contributed by atoms with Crippen molar-refractivity contribution in [2.24, 2.45) is 0 Å². The molecule has 0 aliphatic carbocycles. The minimum atomic E-state index is -1.02. The molecule has 0 saturated carbocycles. The van der Waals surface area contributed by atoms with Crippen molar-refractivity contribution in [2.75, 3.05) is 4.90 Å². The van der Waals surface area contributed by atoms with Crippen LogP contribution in [-0.2, 0) is 0 Å². The Hall–Kier alpha value is -9.02. The third-order valence-corrected chi connectivity index (χ3v) is 12.3. The van der Waals surface area contributed by atoms with Crippen LogP contribution in [0.15, 0.2) is 176 Å². The van der Waals surface area contributed by atoms with Crippen LogP contribution >= 0.6 is 0 Å². The van der Waals surface area contributed by atoms with Gasteiger partial charge < -0.3 is 49.8 Å². The molecule has 11 rings (SSSR count). The van der Waals surface area contributed by atoms with E-state index in [2.05, 4.69) is 52.8 Å². The number of hydrogen-bond donors (Lipinski definition) is 7. The predicted octanol–water partition coefficient (Wildman–Crippen LogP) is 12.9. The normalized spacial score (nSPS) is 11.6. The van der Waals surface area contributed by atoms with Crippen LogP contribution in [0.25, 0.3) is 77.2 Å². The summed E-state index contributed by atoms with van der Waals surface area (Å²) in [6.45, 7) is 2.06. The molecule has 65 heavy (non-hydrogen) atoms. The standard InChI is InChI=1S/C55H39N3O7/c1-31-16-23-37(24-17-31)56(35-10-4-2-5-11-35)38-25-18-32(19-26-38)33-20-27-39(28-21-33)58-47-45(46-48(58)53(63)55(65)54(64)51(46)61)49(59)44(50(60)52(47)62)34-22-29-43-41(30-34)40-14-8-9-15-42(40)57(43)36-12-6-3-7-13-36/h2-30,59-65H,1H3. The first kappa shape index (κ1) is 38.9. The Balaban J connectivity index is 1.05. The zero-order valence-electron chi connectivity index (χ0n) is 34.7. The fraction of sp³-hybridized carbons (Fsp3) is 0.0182. The molecule has 316 valence electrons. The van der Waals surface area contributed by atoms with Crippen molar-refractivity contribution in [3.05, 3.63) is 181 Å². The van der Waals surface area contributed by atoms with Gasteiger partial charge in [-0.1, -0.05) is 103 Å². The Morgan fingerprint density at radius 3 is 1.49 bits per heavy atom. The summed E-state index contributed by atoms with van der Waals surface area (Å²) >= 11 is 0. The highest BCUT2D eigenvalue weighted by Crippen LogP contribution is 2.59. The largest absolute Gasteiger partial charge is 0.506 e. The zero-order valence-corrected chi connectivity index (χ0v) is 34.7. The molecule has 2 heterocycles. The van der Waals surface area contributed by atoms with Crippen molar-refractivity contribution in [1.82, 2.24) is 9.13 Å². The van der Waals surface area contributed by atoms with Gasteiger partial charge in [0.05, 0.1) is 27.4 Å². The minimum absolute atomic E-state index is 0.147. The fourth-order valence-electron chi connectivity index (χ4n) is 9.24. The summed E-state index contributed by atoms with van der Waals surface area (Å²) in [5.74, 6) is -5.58.